The first kappa shape index (κ1) is 53.9. The Kier molecular flexibility index (Phi) is 84.6. The predicted molar refractivity (Wildman–Crippen MR) is 276 cm³/mol. The van der Waals surface area contributed by atoms with Crippen LogP contribution >= 0.6 is 0 Å². The zero-order valence-electron chi connectivity index (χ0n) is 46.5. The molecule has 0 radical (unpaired) electrons. The minimum Gasteiger partial charge on any atom is -0.333 e. The molecule has 0 aromatic heterocycles. The molecule has 7 rings (SSSR count). The molecule has 0 aliphatic rings. The summed E-state index contributed by atoms with van der Waals surface area (Å²) < 4.78 is 49.0. The van der Waals surface area contributed by atoms with Crippen LogP contribution in [0.5, 0.6) is 0 Å². The lowest BCUT2D eigenvalue weighted by atomic mass is 10.4. The van der Waals surface area contributed by atoms with Gasteiger partial charge in [-0.25, -0.2) is 0 Å². The van der Waals surface area contributed by atoms with Gasteiger partial charge in [-0.2, -0.15) is 0 Å². The smallest absolute Gasteiger partial charge is 0.194 e. The summed E-state index contributed by atoms with van der Waals surface area (Å²) in [6.07, 6.45) is 0. The molecule has 0 aliphatic heterocycles. The lowest BCUT2D eigenvalue weighted by molar-refractivity contribution is -0.445. The Bertz CT molecular complexity index is 1430. The van der Waals surface area contributed by atoms with Crippen molar-refractivity contribution < 1.29 is 14.5 Å². The second-order valence-corrected chi connectivity index (χ2v) is 7.98. The van der Waals surface area contributed by atoms with E-state index in [-0.39, 0.29) is 0 Å². The van der Waals surface area contributed by atoms with Gasteiger partial charge < -0.3 is 5.73 Å². The summed E-state index contributed by atoms with van der Waals surface area (Å²) in [5, 5.41) is 8.81. The maximum atomic E-state index is 8.81. The molecule has 4 heteroatoms. The van der Waals surface area contributed by atoms with E-state index in [0.29, 0.717) is 42.3 Å². The van der Waals surface area contributed by atoms with E-state index < -0.39 is 4.92 Å². The van der Waals surface area contributed by atoms with Crippen molar-refractivity contribution in [2.24, 2.45) is 5.73 Å². The second-order valence-electron chi connectivity index (χ2n) is 7.98. The highest BCUT2D eigenvalue weighted by molar-refractivity contribution is 5.02. The molecular weight excluding hydrogens is 733 g/mol. The molecule has 0 spiro atoms. The van der Waals surface area contributed by atoms with Crippen LogP contribution in [0, 0.1) is 10.1 Å². The summed E-state index contributed by atoms with van der Waals surface area (Å²) in [5.41, 5.74) is 4.50. The van der Waals surface area contributed by atoms with Crippen LogP contribution in [0.2, 0.25) is 0 Å². The van der Waals surface area contributed by atoms with Crippen LogP contribution in [-0.2, 0) is 0 Å². The van der Waals surface area contributed by atoms with E-state index in [1.165, 1.54) is 7.05 Å². The van der Waals surface area contributed by atoms with E-state index >= 15 is 0 Å². The summed E-state index contributed by atoms with van der Waals surface area (Å²) >= 11 is 0. The van der Waals surface area contributed by atoms with Gasteiger partial charge in [-0.1, -0.05) is 338 Å². The van der Waals surface area contributed by atoms with E-state index in [4.69, 9.17) is 19.7 Å². The summed E-state index contributed by atoms with van der Waals surface area (Å²) in [7, 11) is 2.39. The zero-order valence-corrected chi connectivity index (χ0v) is 39.5. The highest BCUT2D eigenvalue weighted by Gasteiger charge is 1.61. The average molecular weight is 833 g/mol. The topological polar surface area (TPSA) is 69.2 Å². The molecule has 2 N–H and O–H groups in total. The van der Waals surface area contributed by atoms with Crippen molar-refractivity contribution in [2.75, 3.05) is 14.1 Å². The quantitative estimate of drug-likeness (QED) is 0.122. The van der Waals surface area contributed by atoms with Gasteiger partial charge in [0.1, 0.15) is 0 Å². The SMILES string of the molecule is CC.CC.CC.CC.CC.CC.CN.C[N+](=O)[O-].[3H]c1ccccc1.[3H]c1ccccc1.[3H]c1ccccc1.[3H]c1ccccc1.[3H]c1ccccc1.[3H]c1ccccc1.[3H]c1ccccc1. The van der Waals surface area contributed by atoms with Gasteiger partial charge in [-0.3, -0.25) is 10.1 Å². The number of hydrogen-bond donors (Lipinski definition) is 1. The van der Waals surface area contributed by atoms with Crippen LogP contribution in [0.3, 0.4) is 0 Å². The first-order chi connectivity index (χ1) is 32.5. The Morgan fingerprint density at radius 2 is 0.317 bits per heavy atom. The number of nitrogens with zero attached hydrogens (tertiary/aromatic N) is 1. The Labute approximate surface area is 381 Å². The molecule has 0 bridgehead atoms. The number of nitro groups is 1. The van der Waals surface area contributed by atoms with Crippen molar-refractivity contribution in [1.29, 1.82) is 0 Å². The third kappa shape index (κ3) is 104. The minimum absolute atomic E-state index is 0.500. The lowest BCUT2D eigenvalue weighted by Gasteiger charge is -1.69. The first-order valence-electron chi connectivity index (χ1n) is 24.3. The van der Waals surface area contributed by atoms with Crippen molar-refractivity contribution in [1.82, 2.24) is 0 Å². The number of rotatable bonds is 0. The number of benzene rings is 7. The third-order valence-electron chi connectivity index (χ3n) is 4.25. The highest BCUT2D eigenvalue weighted by atomic mass is 16.6. The molecule has 60 heavy (non-hydrogen) atoms. The summed E-state index contributed by atoms with van der Waals surface area (Å²) in [4.78, 5) is 8.31. The molecule has 4 nitrogen and oxygen atoms in total. The van der Waals surface area contributed by atoms with E-state index in [0.717, 1.165) is 7.05 Å². The van der Waals surface area contributed by atoms with E-state index in [9.17, 15) is 0 Å². The fourth-order valence-electron chi connectivity index (χ4n) is 2.39. The van der Waals surface area contributed by atoms with Gasteiger partial charge in [-0.15, -0.1) is 0 Å². The molecule has 0 unspecified atom stereocenters. The molecule has 0 fully saturated rings. The molecule has 332 valence electrons. The monoisotopic (exact) mass is 833 g/mol. The van der Waals surface area contributed by atoms with Gasteiger partial charge in [-0.05, 0) is 7.05 Å². The molecule has 0 saturated carbocycles. The molecular formula is C56H86N2O2. The average Bonchev–Trinajstić information content (AvgIpc) is 3.39. The number of nitrogens with two attached hydrogens (primary N) is 1. The van der Waals surface area contributed by atoms with E-state index in [1.54, 1.807) is 84.9 Å². The molecule has 0 heterocycles. The van der Waals surface area contributed by atoms with Gasteiger partial charge in [0.25, 0.3) is 0 Å². The normalized spacial score (nSPS) is 8.35. The van der Waals surface area contributed by atoms with E-state index in [1.807, 2.05) is 210 Å². The number of hydrogen-bond acceptors (Lipinski definition) is 3. The van der Waals surface area contributed by atoms with Crippen molar-refractivity contribution in [3.63, 3.8) is 0 Å². The Morgan fingerprint density at radius 1 is 0.267 bits per heavy atom. The van der Waals surface area contributed by atoms with Crippen molar-refractivity contribution in [3.8, 4) is 0 Å². The van der Waals surface area contributed by atoms with Gasteiger partial charge in [0, 0.05) is 4.92 Å². The van der Waals surface area contributed by atoms with Crippen LogP contribution in [0.4, 0.5) is 0 Å². The van der Waals surface area contributed by atoms with Crippen LogP contribution in [-0.4, -0.2) is 19.0 Å². The van der Waals surface area contributed by atoms with Crippen molar-refractivity contribution in [3.05, 3.63) is 265 Å². The van der Waals surface area contributed by atoms with Gasteiger partial charge >= 0.3 is 0 Å². The molecule has 7 aromatic carbocycles. The summed E-state index contributed by atoms with van der Waals surface area (Å²) in [6, 6.07) is 67.7. The second kappa shape index (κ2) is 94.2. The van der Waals surface area contributed by atoms with E-state index in [2.05, 4.69) is 5.73 Å². The van der Waals surface area contributed by atoms with Gasteiger partial charge in [0.05, 0.1) is 9.60 Å². The van der Waals surface area contributed by atoms with Crippen LogP contribution in [0.15, 0.2) is 255 Å². The van der Waals surface area contributed by atoms with Crippen LogP contribution < -0.4 is 5.73 Å². The fourth-order valence-corrected chi connectivity index (χ4v) is 2.39. The third-order valence-corrected chi connectivity index (χ3v) is 4.25. The molecule has 0 aliphatic carbocycles. The summed E-state index contributed by atoms with van der Waals surface area (Å²) in [5.74, 6) is 0. The zero-order chi connectivity index (χ0) is 53.4. The minimum atomic E-state index is -0.500. The molecule has 7 aromatic rings. The molecule has 0 atom stereocenters. The predicted octanol–water partition coefficient (Wildman–Crippen LogP) is 17.4. The highest BCUT2D eigenvalue weighted by Crippen LogP contribution is 1.83. The van der Waals surface area contributed by atoms with Crippen molar-refractivity contribution in [2.45, 2.75) is 83.1 Å². The lowest BCUT2D eigenvalue weighted by Crippen LogP contribution is -1.79. The van der Waals surface area contributed by atoms with Crippen LogP contribution in [0.1, 0.15) is 92.7 Å². The standard InChI is InChI=1S/7C6H6.6C2H6.CH3NO2.CH5N/c7*1-2-4-6-5-3-1;6*1-2;1-2(3)4;1-2/h7*1-6H;6*1-2H3;1H3;2H2,1H3/i7*1T;;;;;;;;. The maximum absolute atomic E-state index is 8.81. The Morgan fingerprint density at radius 3 is 0.350 bits per heavy atom. The maximum Gasteiger partial charge on any atom is 0.194 e. The largest absolute Gasteiger partial charge is 0.333 e. The van der Waals surface area contributed by atoms with Gasteiger partial charge in [0.2, 0.25) is 0 Å². The van der Waals surface area contributed by atoms with Crippen LogP contribution in [0.25, 0.3) is 0 Å². The molecule has 0 saturated heterocycles. The Hall–Kier alpha value is -6.10. The Balaban J connectivity index is -0.0000000956. The summed E-state index contributed by atoms with van der Waals surface area (Å²) in [6.45, 7) is 24.0. The van der Waals surface area contributed by atoms with Crippen molar-refractivity contribution >= 4 is 0 Å². The van der Waals surface area contributed by atoms with Gasteiger partial charge in [0.15, 0.2) is 7.05 Å². The molecule has 0 amide bonds. The first-order valence-corrected chi connectivity index (χ1v) is 20.8. The fraction of sp³-hybridized carbons (Fsp3) is 0.250.